The monoisotopic (exact) mass is 103 g/mol. The number of rotatable bonds is 2. The molecular formula is C4H7O3. The third kappa shape index (κ3) is 2.17. The summed E-state index contributed by atoms with van der Waals surface area (Å²) in [5.74, 6) is -1.21. The molecule has 41 valence electrons. The van der Waals surface area contributed by atoms with Crippen LogP contribution in [-0.4, -0.2) is 22.3 Å². The van der Waals surface area contributed by atoms with Crippen LogP contribution in [0.2, 0.25) is 0 Å². The van der Waals surface area contributed by atoms with Gasteiger partial charge in [0.15, 0.2) is 6.10 Å². The summed E-state index contributed by atoms with van der Waals surface area (Å²) in [5, 5.41) is 16.2. The standard InChI is InChI=1S/C4H7O3/c1-2-3(5)4(6)7/h2-3,5H,1H3,(H,6,7)/t3-/m0/s1. The van der Waals surface area contributed by atoms with E-state index in [9.17, 15) is 4.79 Å². The van der Waals surface area contributed by atoms with Crippen molar-refractivity contribution in [3.63, 3.8) is 0 Å². The van der Waals surface area contributed by atoms with E-state index in [0.717, 1.165) is 0 Å². The van der Waals surface area contributed by atoms with Crippen LogP contribution >= 0.6 is 0 Å². The summed E-state index contributed by atoms with van der Waals surface area (Å²) in [6, 6.07) is 0. The van der Waals surface area contributed by atoms with E-state index in [1.54, 1.807) is 0 Å². The van der Waals surface area contributed by atoms with Crippen molar-refractivity contribution in [2.45, 2.75) is 13.0 Å². The average Bonchev–Trinajstić information content (AvgIpc) is 1.65. The zero-order chi connectivity index (χ0) is 5.86. The average molecular weight is 103 g/mol. The number of carboxylic acid groups (broad SMARTS) is 1. The Morgan fingerprint density at radius 2 is 2.29 bits per heavy atom. The van der Waals surface area contributed by atoms with Crippen molar-refractivity contribution in [3.8, 4) is 0 Å². The Morgan fingerprint density at radius 3 is 2.29 bits per heavy atom. The molecule has 1 radical (unpaired) electrons. The summed E-state index contributed by atoms with van der Waals surface area (Å²) in [6.45, 7) is 1.48. The highest BCUT2D eigenvalue weighted by molar-refractivity contribution is 5.73. The molecule has 0 aliphatic carbocycles. The first kappa shape index (κ1) is 6.43. The van der Waals surface area contributed by atoms with Gasteiger partial charge in [-0.3, -0.25) is 0 Å². The fourth-order valence-electron chi connectivity index (χ4n) is 0.143. The van der Waals surface area contributed by atoms with Gasteiger partial charge in [-0.25, -0.2) is 4.79 Å². The Hall–Kier alpha value is -0.570. The smallest absolute Gasteiger partial charge is 0.332 e. The second-order valence-electron chi connectivity index (χ2n) is 1.12. The Morgan fingerprint density at radius 1 is 1.86 bits per heavy atom. The number of aliphatic hydroxyl groups is 1. The molecular weight excluding hydrogens is 96.0 g/mol. The second kappa shape index (κ2) is 2.58. The Balaban J connectivity index is 3.34. The molecule has 0 aromatic rings. The van der Waals surface area contributed by atoms with Crippen molar-refractivity contribution in [2.75, 3.05) is 0 Å². The van der Waals surface area contributed by atoms with Crippen LogP contribution in [0.25, 0.3) is 0 Å². The summed E-state index contributed by atoms with van der Waals surface area (Å²) in [4.78, 5) is 9.65. The van der Waals surface area contributed by atoms with E-state index in [1.807, 2.05) is 0 Å². The number of carbonyl (C=O) groups is 1. The molecule has 0 rings (SSSR count). The highest BCUT2D eigenvalue weighted by atomic mass is 16.4. The molecule has 0 aromatic heterocycles. The lowest BCUT2D eigenvalue weighted by atomic mass is 10.3. The number of hydrogen-bond acceptors (Lipinski definition) is 2. The lowest BCUT2D eigenvalue weighted by Gasteiger charge is -1.95. The minimum Gasteiger partial charge on any atom is -0.479 e. The molecule has 0 bridgehead atoms. The fraction of sp³-hybridized carbons (Fsp3) is 0.500. The van der Waals surface area contributed by atoms with Crippen LogP contribution in [0, 0.1) is 6.42 Å². The van der Waals surface area contributed by atoms with Gasteiger partial charge in [-0.05, 0) is 6.42 Å². The first-order chi connectivity index (χ1) is 3.18. The molecule has 3 nitrogen and oxygen atoms in total. The molecule has 0 aromatic carbocycles. The predicted octanol–water partition coefficient (Wildman–Crippen LogP) is -0.344. The molecule has 0 spiro atoms. The maximum absolute atomic E-state index is 9.65. The van der Waals surface area contributed by atoms with Gasteiger partial charge in [-0.1, -0.05) is 6.92 Å². The van der Waals surface area contributed by atoms with Crippen LogP contribution < -0.4 is 0 Å². The van der Waals surface area contributed by atoms with Gasteiger partial charge in [0.25, 0.3) is 0 Å². The van der Waals surface area contributed by atoms with E-state index in [4.69, 9.17) is 10.2 Å². The number of hydrogen-bond donors (Lipinski definition) is 2. The molecule has 7 heavy (non-hydrogen) atoms. The maximum Gasteiger partial charge on any atom is 0.332 e. The Bertz CT molecular complexity index is 69.3. The van der Waals surface area contributed by atoms with Gasteiger partial charge >= 0.3 is 5.97 Å². The summed E-state index contributed by atoms with van der Waals surface area (Å²) in [6.07, 6.45) is -0.109. The highest BCUT2D eigenvalue weighted by Gasteiger charge is 2.07. The molecule has 0 unspecified atom stereocenters. The molecule has 0 amide bonds. The van der Waals surface area contributed by atoms with Gasteiger partial charge in [0.2, 0.25) is 0 Å². The van der Waals surface area contributed by atoms with Crippen molar-refractivity contribution in [1.29, 1.82) is 0 Å². The van der Waals surface area contributed by atoms with Crippen molar-refractivity contribution >= 4 is 5.97 Å². The van der Waals surface area contributed by atoms with Crippen LogP contribution in [0.5, 0.6) is 0 Å². The van der Waals surface area contributed by atoms with Gasteiger partial charge in [0.1, 0.15) is 0 Å². The topological polar surface area (TPSA) is 57.5 Å². The molecule has 0 aliphatic heterocycles. The quantitative estimate of drug-likeness (QED) is 0.502. The van der Waals surface area contributed by atoms with Crippen LogP contribution in [0.1, 0.15) is 6.92 Å². The second-order valence-corrected chi connectivity index (χ2v) is 1.12. The highest BCUT2D eigenvalue weighted by Crippen LogP contribution is 1.84. The van der Waals surface area contributed by atoms with Crippen LogP contribution in [0.4, 0.5) is 0 Å². The number of aliphatic carboxylic acids is 1. The Labute approximate surface area is 41.6 Å². The van der Waals surface area contributed by atoms with E-state index in [-0.39, 0.29) is 0 Å². The molecule has 3 heteroatoms. The zero-order valence-corrected chi connectivity index (χ0v) is 3.96. The third-order valence-electron chi connectivity index (χ3n) is 0.569. The molecule has 0 aliphatic rings. The molecule has 0 fully saturated rings. The van der Waals surface area contributed by atoms with E-state index in [0.29, 0.717) is 0 Å². The maximum atomic E-state index is 9.65. The van der Waals surface area contributed by atoms with Crippen molar-refractivity contribution in [1.82, 2.24) is 0 Å². The first-order valence-electron chi connectivity index (χ1n) is 1.89. The fourth-order valence-corrected chi connectivity index (χ4v) is 0.143. The van der Waals surface area contributed by atoms with Crippen LogP contribution in [0.15, 0.2) is 0 Å². The minimum atomic E-state index is -1.31. The van der Waals surface area contributed by atoms with E-state index in [2.05, 4.69) is 0 Å². The largest absolute Gasteiger partial charge is 0.479 e. The van der Waals surface area contributed by atoms with Crippen molar-refractivity contribution in [2.24, 2.45) is 0 Å². The lowest BCUT2D eigenvalue weighted by molar-refractivity contribution is -0.144. The molecule has 0 saturated heterocycles. The van der Waals surface area contributed by atoms with Crippen LogP contribution in [0.3, 0.4) is 0 Å². The van der Waals surface area contributed by atoms with E-state index < -0.39 is 12.1 Å². The SMILES string of the molecule is C[CH][C@H](O)C(=O)O. The van der Waals surface area contributed by atoms with Gasteiger partial charge in [-0.2, -0.15) is 0 Å². The minimum absolute atomic E-state index is 1.20. The summed E-state index contributed by atoms with van der Waals surface area (Å²) >= 11 is 0. The predicted molar refractivity (Wildman–Crippen MR) is 23.6 cm³/mol. The summed E-state index contributed by atoms with van der Waals surface area (Å²) in [7, 11) is 0. The van der Waals surface area contributed by atoms with E-state index in [1.165, 1.54) is 13.3 Å². The Kier molecular flexibility index (Phi) is 2.37. The lowest BCUT2D eigenvalue weighted by Crippen LogP contribution is -2.17. The summed E-state index contributed by atoms with van der Waals surface area (Å²) in [5.41, 5.74) is 0. The zero-order valence-electron chi connectivity index (χ0n) is 3.96. The van der Waals surface area contributed by atoms with Crippen molar-refractivity contribution in [3.05, 3.63) is 6.42 Å². The molecule has 1 atom stereocenters. The molecule has 0 saturated carbocycles. The van der Waals surface area contributed by atoms with Gasteiger partial charge < -0.3 is 10.2 Å². The van der Waals surface area contributed by atoms with E-state index >= 15 is 0 Å². The molecule has 2 N–H and O–H groups in total. The van der Waals surface area contributed by atoms with Gasteiger partial charge in [0, 0.05) is 0 Å². The number of carboxylic acids is 1. The normalized spacial score (nSPS) is 13.4. The molecule has 0 heterocycles. The summed E-state index contributed by atoms with van der Waals surface area (Å²) < 4.78 is 0. The van der Waals surface area contributed by atoms with Gasteiger partial charge in [0.05, 0.1) is 0 Å². The first-order valence-corrected chi connectivity index (χ1v) is 1.89. The van der Waals surface area contributed by atoms with Gasteiger partial charge in [-0.15, -0.1) is 0 Å². The van der Waals surface area contributed by atoms with Crippen LogP contribution in [-0.2, 0) is 4.79 Å². The van der Waals surface area contributed by atoms with Crippen molar-refractivity contribution < 1.29 is 15.0 Å². The number of aliphatic hydroxyl groups excluding tert-OH is 1. The third-order valence-corrected chi connectivity index (χ3v) is 0.569.